The number of para-hydroxylation sites is 1. The number of halogens is 1. The molecule has 26 heavy (non-hydrogen) atoms. The van der Waals surface area contributed by atoms with Crippen molar-refractivity contribution in [3.63, 3.8) is 0 Å². The summed E-state index contributed by atoms with van der Waals surface area (Å²) in [5, 5.41) is -0.0112. The summed E-state index contributed by atoms with van der Waals surface area (Å²) in [4.78, 5) is 32.6. The van der Waals surface area contributed by atoms with Crippen molar-refractivity contribution in [2.45, 2.75) is 31.2 Å². The van der Waals surface area contributed by atoms with E-state index < -0.39 is 11.1 Å². The van der Waals surface area contributed by atoms with Crippen LogP contribution in [0, 0.1) is 12.7 Å². The molecule has 8 heteroatoms. The van der Waals surface area contributed by atoms with E-state index in [1.54, 1.807) is 36.9 Å². The van der Waals surface area contributed by atoms with E-state index in [9.17, 15) is 14.0 Å². The largest absolute Gasteiger partial charge is 0.489 e. The summed E-state index contributed by atoms with van der Waals surface area (Å²) >= 11 is 1.20. The van der Waals surface area contributed by atoms with Crippen molar-refractivity contribution >= 4 is 17.7 Å². The van der Waals surface area contributed by atoms with Gasteiger partial charge in [-0.15, -0.1) is 0 Å². The van der Waals surface area contributed by atoms with E-state index in [2.05, 4.69) is 9.97 Å². The molecule has 1 N–H and O–H groups in total. The van der Waals surface area contributed by atoms with Gasteiger partial charge in [0.2, 0.25) is 5.91 Å². The van der Waals surface area contributed by atoms with Crippen LogP contribution in [0.1, 0.15) is 19.5 Å². The van der Waals surface area contributed by atoms with Gasteiger partial charge in [-0.25, -0.2) is 9.37 Å². The highest BCUT2D eigenvalue weighted by molar-refractivity contribution is 8.00. The van der Waals surface area contributed by atoms with Gasteiger partial charge in [0.25, 0.3) is 5.56 Å². The summed E-state index contributed by atoms with van der Waals surface area (Å²) in [5.74, 6) is -0.362. The van der Waals surface area contributed by atoms with Crippen LogP contribution < -0.4 is 10.3 Å². The lowest BCUT2D eigenvalue weighted by Gasteiger charge is -2.24. The zero-order valence-electron chi connectivity index (χ0n) is 15.0. The second-order valence-electron chi connectivity index (χ2n) is 5.65. The van der Waals surface area contributed by atoms with Crippen molar-refractivity contribution < 1.29 is 13.9 Å². The maximum absolute atomic E-state index is 13.5. The Hall–Kier alpha value is -2.35. The first kappa shape index (κ1) is 20.0. The highest BCUT2D eigenvalue weighted by Gasteiger charge is 2.21. The molecule has 0 bridgehead atoms. The molecule has 1 aromatic carbocycles. The second kappa shape index (κ2) is 9.38. The summed E-state index contributed by atoms with van der Waals surface area (Å²) in [6.45, 7) is 6.39. The van der Waals surface area contributed by atoms with E-state index in [4.69, 9.17) is 4.74 Å². The van der Waals surface area contributed by atoms with E-state index in [-0.39, 0.29) is 23.8 Å². The number of hydrogen-bond acceptors (Lipinski definition) is 5. The summed E-state index contributed by atoms with van der Waals surface area (Å²) in [6.07, 6.45) is 0. The molecule has 0 saturated heterocycles. The van der Waals surface area contributed by atoms with E-state index in [0.29, 0.717) is 23.9 Å². The van der Waals surface area contributed by atoms with Crippen LogP contribution in [0.25, 0.3) is 0 Å². The first-order chi connectivity index (χ1) is 12.4. The van der Waals surface area contributed by atoms with E-state index in [0.717, 1.165) is 0 Å². The molecule has 2 rings (SSSR count). The first-order valence-corrected chi connectivity index (χ1v) is 9.19. The number of amides is 1. The Balaban J connectivity index is 1.92. The van der Waals surface area contributed by atoms with Gasteiger partial charge in [0, 0.05) is 18.3 Å². The number of carbonyl (C=O) groups excluding carboxylic acids is 1. The number of nitrogens with one attached hydrogen (secondary N) is 1. The lowest BCUT2D eigenvalue weighted by atomic mass is 10.3. The van der Waals surface area contributed by atoms with E-state index in [1.165, 1.54) is 23.9 Å². The van der Waals surface area contributed by atoms with Gasteiger partial charge >= 0.3 is 0 Å². The molecule has 1 atom stereocenters. The summed E-state index contributed by atoms with van der Waals surface area (Å²) in [6, 6.07) is 7.55. The van der Waals surface area contributed by atoms with Crippen molar-refractivity contribution in [2.24, 2.45) is 0 Å². The van der Waals surface area contributed by atoms with Crippen molar-refractivity contribution in [3.8, 4) is 5.75 Å². The van der Waals surface area contributed by atoms with Crippen LogP contribution in [0.2, 0.25) is 0 Å². The Morgan fingerprint density at radius 1 is 1.42 bits per heavy atom. The average molecular weight is 379 g/mol. The standard InChI is InChI=1S/C18H22FN3O3S/c1-4-22(9-10-25-15-8-6-5-7-14(15)19)17(24)13(3)26-18-20-12(2)11-16(23)21-18/h5-8,11,13H,4,9-10H2,1-3H3,(H,20,21,23)/t13-/m1/s1. The zero-order valence-corrected chi connectivity index (χ0v) is 15.8. The molecule has 0 aliphatic heterocycles. The molecule has 0 spiro atoms. The highest BCUT2D eigenvalue weighted by atomic mass is 32.2. The number of thioether (sulfide) groups is 1. The minimum absolute atomic E-state index is 0.0983. The molecule has 0 fully saturated rings. The number of rotatable bonds is 8. The molecule has 1 aromatic heterocycles. The normalized spacial score (nSPS) is 11.8. The van der Waals surface area contributed by atoms with Crippen LogP contribution in [-0.4, -0.2) is 45.7 Å². The van der Waals surface area contributed by atoms with Crippen LogP contribution in [-0.2, 0) is 4.79 Å². The molecule has 0 aliphatic carbocycles. The number of aromatic nitrogens is 2. The fourth-order valence-corrected chi connectivity index (χ4v) is 3.28. The molecule has 1 heterocycles. The maximum atomic E-state index is 13.5. The summed E-state index contributed by atoms with van der Waals surface area (Å²) in [5.41, 5.74) is 0.354. The average Bonchev–Trinajstić information content (AvgIpc) is 2.58. The predicted molar refractivity (Wildman–Crippen MR) is 99.1 cm³/mol. The minimum Gasteiger partial charge on any atom is -0.489 e. The van der Waals surface area contributed by atoms with Gasteiger partial charge in [0.05, 0.1) is 11.8 Å². The van der Waals surface area contributed by atoms with Crippen LogP contribution in [0.5, 0.6) is 5.75 Å². The Kier molecular flexibility index (Phi) is 7.20. The van der Waals surface area contributed by atoms with Crippen LogP contribution in [0.3, 0.4) is 0 Å². The smallest absolute Gasteiger partial charge is 0.251 e. The van der Waals surface area contributed by atoms with Gasteiger partial charge in [0.1, 0.15) is 6.61 Å². The number of H-pyrrole nitrogens is 1. The Morgan fingerprint density at radius 2 is 2.15 bits per heavy atom. The Morgan fingerprint density at radius 3 is 2.81 bits per heavy atom. The summed E-state index contributed by atoms with van der Waals surface area (Å²) < 4.78 is 19.0. The molecular weight excluding hydrogens is 357 g/mol. The Bertz CT molecular complexity index is 812. The van der Waals surface area contributed by atoms with Crippen LogP contribution >= 0.6 is 11.8 Å². The number of aryl methyl sites for hydroxylation is 1. The third kappa shape index (κ3) is 5.59. The van der Waals surface area contributed by atoms with Gasteiger partial charge in [-0.1, -0.05) is 23.9 Å². The first-order valence-electron chi connectivity index (χ1n) is 8.31. The second-order valence-corrected chi connectivity index (χ2v) is 6.98. The van der Waals surface area contributed by atoms with Gasteiger partial charge in [0.15, 0.2) is 16.7 Å². The fourth-order valence-electron chi connectivity index (χ4n) is 2.33. The highest BCUT2D eigenvalue weighted by Crippen LogP contribution is 2.20. The molecule has 0 aliphatic rings. The number of benzene rings is 1. The lowest BCUT2D eigenvalue weighted by Crippen LogP contribution is -2.39. The maximum Gasteiger partial charge on any atom is 0.251 e. The molecule has 140 valence electrons. The number of nitrogens with zero attached hydrogens (tertiary/aromatic N) is 2. The molecule has 0 unspecified atom stereocenters. The molecule has 1 amide bonds. The monoisotopic (exact) mass is 379 g/mol. The molecule has 0 saturated carbocycles. The van der Waals surface area contributed by atoms with Crippen LogP contribution in [0.15, 0.2) is 40.3 Å². The lowest BCUT2D eigenvalue weighted by molar-refractivity contribution is -0.130. The number of likely N-dealkylation sites (N-methyl/N-ethyl adjacent to an activating group) is 1. The van der Waals surface area contributed by atoms with Gasteiger partial charge < -0.3 is 14.6 Å². The quantitative estimate of drug-likeness (QED) is 0.564. The number of hydrogen-bond donors (Lipinski definition) is 1. The van der Waals surface area contributed by atoms with Gasteiger partial charge in [-0.05, 0) is 32.9 Å². The third-order valence-corrected chi connectivity index (χ3v) is 4.60. The van der Waals surface area contributed by atoms with Crippen LogP contribution in [0.4, 0.5) is 4.39 Å². The predicted octanol–water partition coefficient (Wildman–Crippen LogP) is 2.63. The number of ether oxygens (including phenoxy) is 1. The molecule has 6 nitrogen and oxygen atoms in total. The molecule has 2 aromatic rings. The van der Waals surface area contributed by atoms with Crippen molar-refractivity contribution in [3.05, 3.63) is 52.2 Å². The van der Waals surface area contributed by atoms with Crippen molar-refractivity contribution in [1.82, 2.24) is 14.9 Å². The number of aromatic amines is 1. The van der Waals surface area contributed by atoms with Crippen molar-refractivity contribution in [1.29, 1.82) is 0 Å². The van der Waals surface area contributed by atoms with Gasteiger partial charge in [-0.2, -0.15) is 0 Å². The summed E-state index contributed by atoms with van der Waals surface area (Å²) in [7, 11) is 0. The topological polar surface area (TPSA) is 75.3 Å². The molecule has 0 radical (unpaired) electrons. The number of carbonyl (C=O) groups is 1. The van der Waals surface area contributed by atoms with Crippen molar-refractivity contribution in [2.75, 3.05) is 19.7 Å². The minimum atomic E-state index is -0.430. The van der Waals surface area contributed by atoms with E-state index in [1.807, 2.05) is 6.92 Å². The molecular formula is C18H22FN3O3S. The van der Waals surface area contributed by atoms with E-state index >= 15 is 0 Å². The third-order valence-electron chi connectivity index (χ3n) is 3.63. The zero-order chi connectivity index (χ0) is 19.1. The van der Waals surface area contributed by atoms with Gasteiger partial charge in [-0.3, -0.25) is 9.59 Å². The fraction of sp³-hybridized carbons (Fsp3) is 0.389. The SMILES string of the molecule is CCN(CCOc1ccccc1F)C(=O)[C@@H](C)Sc1nc(C)cc(=O)[nH]1. The Labute approximate surface area is 155 Å².